The number of carbonyl (C=O) groups is 1. The molecule has 5 aromatic rings. The summed E-state index contributed by atoms with van der Waals surface area (Å²) >= 11 is 7.25. The van der Waals surface area contributed by atoms with Gasteiger partial charge in [-0.1, -0.05) is 41.9 Å². The van der Waals surface area contributed by atoms with Crippen LogP contribution in [0, 0.1) is 12.8 Å². The zero-order valence-corrected chi connectivity index (χ0v) is 30.1. The van der Waals surface area contributed by atoms with Crippen LogP contribution in [0.4, 0.5) is 11.5 Å². The molecule has 1 amide bonds. The maximum atomic E-state index is 13.0. The summed E-state index contributed by atoms with van der Waals surface area (Å²) in [5.41, 5.74) is 7.36. The third kappa shape index (κ3) is 6.69. The molecular weight excluding hydrogens is 666 g/mol. The van der Waals surface area contributed by atoms with Crippen molar-refractivity contribution in [1.82, 2.24) is 29.5 Å². The topological polar surface area (TPSA) is 115 Å². The van der Waals surface area contributed by atoms with Gasteiger partial charge in [-0.05, 0) is 73.5 Å². The second-order valence-electron chi connectivity index (χ2n) is 13.4. The van der Waals surface area contributed by atoms with Crippen LogP contribution in [0.2, 0.25) is 5.02 Å². The lowest BCUT2D eigenvalue weighted by molar-refractivity contribution is -0.119. The fourth-order valence-corrected chi connectivity index (χ4v) is 7.98. The predicted octanol–water partition coefficient (Wildman–Crippen LogP) is 6.19. The van der Waals surface area contributed by atoms with Crippen LogP contribution in [-0.4, -0.2) is 83.0 Å². The van der Waals surface area contributed by atoms with Crippen LogP contribution in [-0.2, 0) is 23.0 Å². The summed E-state index contributed by atoms with van der Waals surface area (Å²) in [7, 11) is 4.97. The maximum absolute atomic E-state index is 13.0. The number of fused-ring (bicyclic) bond motifs is 2. The summed E-state index contributed by atoms with van der Waals surface area (Å²) in [4.78, 5) is 38.5. The maximum Gasteiger partial charge on any atom is 0.278 e. The van der Waals surface area contributed by atoms with Gasteiger partial charge in [0, 0.05) is 73.8 Å². The van der Waals surface area contributed by atoms with E-state index in [2.05, 4.69) is 26.4 Å². The van der Waals surface area contributed by atoms with Crippen molar-refractivity contribution in [2.45, 2.75) is 32.2 Å². The molecule has 2 aliphatic rings. The molecule has 1 N–H and O–H groups in total. The number of likely N-dealkylation sites (tertiary alicyclic amines) is 1. The summed E-state index contributed by atoms with van der Waals surface area (Å²) in [6.45, 7) is 5.82. The summed E-state index contributed by atoms with van der Waals surface area (Å²) in [6, 6.07) is 16.2. The minimum Gasteiger partial charge on any atom is -0.481 e. The first-order valence-corrected chi connectivity index (χ1v) is 17.7. The summed E-state index contributed by atoms with van der Waals surface area (Å²) in [5, 5.41) is 9.34. The van der Waals surface area contributed by atoms with Crippen LogP contribution in [0.25, 0.3) is 33.2 Å². The number of nitrogens with one attached hydrogen (secondary N) is 1. The molecule has 2 atom stereocenters. The molecule has 1 aliphatic carbocycles. The van der Waals surface area contributed by atoms with Crippen LogP contribution >= 0.6 is 11.6 Å². The molecule has 1 fully saturated rings. The van der Waals surface area contributed by atoms with Crippen LogP contribution in [0.15, 0.2) is 65.7 Å². The molecule has 1 saturated heterocycles. The highest BCUT2D eigenvalue weighted by atomic mass is 35.5. The van der Waals surface area contributed by atoms with Gasteiger partial charge < -0.3 is 19.7 Å². The van der Waals surface area contributed by atoms with Crippen molar-refractivity contribution >= 4 is 40.3 Å². The van der Waals surface area contributed by atoms with Crippen molar-refractivity contribution < 1.29 is 14.3 Å². The number of halogens is 1. The highest BCUT2D eigenvalue weighted by Gasteiger charge is 2.37. The molecule has 11 nitrogen and oxygen atoms in total. The Hall–Kier alpha value is -4.84. The van der Waals surface area contributed by atoms with Crippen molar-refractivity contribution in [2.24, 2.45) is 13.0 Å². The monoisotopic (exact) mass is 707 g/mol. The van der Waals surface area contributed by atoms with Gasteiger partial charge in [-0.25, -0.2) is 14.6 Å². The summed E-state index contributed by atoms with van der Waals surface area (Å²) in [6.07, 6.45) is 7.23. The van der Waals surface area contributed by atoms with E-state index in [1.165, 1.54) is 10.2 Å². The fourth-order valence-electron chi connectivity index (χ4n) is 7.66. The van der Waals surface area contributed by atoms with Crippen molar-refractivity contribution in [1.29, 1.82) is 0 Å². The summed E-state index contributed by atoms with van der Waals surface area (Å²) in [5.74, 6) is 1.52. The molecular formula is C39H42ClN7O4. The molecule has 0 saturated carbocycles. The number of anilines is 2. The van der Waals surface area contributed by atoms with E-state index in [0.717, 1.165) is 84.5 Å². The van der Waals surface area contributed by atoms with E-state index in [4.69, 9.17) is 26.1 Å². The number of benzene rings is 2. The van der Waals surface area contributed by atoms with Gasteiger partial charge in [0.15, 0.2) is 0 Å². The molecule has 0 spiro atoms. The Balaban J connectivity index is 1.16. The zero-order valence-electron chi connectivity index (χ0n) is 29.4. The Morgan fingerprint density at radius 3 is 2.71 bits per heavy atom. The molecule has 12 heteroatoms. The Kier molecular flexibility index (Phi) is 10.0. The van der Waals surface area contributed by atoms with E-state index < -0.39 is 0 Å². The van der Waals surface area contributed by atoms with Gasteiger partial charge in [-0.3, -0.25) is 14.5 Å². The number of ether oxygens (including phenoxy) is 2. The normalized spacial score (nSPS) is 17.1. The number of pyridine rings is 2. The first-order valence-electron chi connectivity index (χ1n) is 17.3. The Morgan fingerprint density at radius 1 is 1.10 bits per heavy atom. The Bertz CT molecular complexity index is 2160. The third-order valence-corrected chi connectivity index (χ3v) is 10.7. The molecule has 7 rings (SSSR count). The number of aryl methyl sites for hydroxylation is 2. The lowest BCUT2D eigenvalue weighted by atomic mass is 9.96. The summed E-state index contributed by atoms with van der Waals surface area (Å²) < 4.78 is 12.4. The van der Waals surface area contributed by atoms with E-state index in [1.54, 1.807) is 39.7 Å². The molecule has 264 valence electrons. The van der Waals surface area contributed by atoms with Crippen molar-refractivity contribution in [3.63, 3.8) is 0 Å². The van der Waals surface area contributed by atoms with Crippen molar-refractivity contribution in [3.8, 4) is 28.3 Å². The first-order chi connectivity index (χ1) is 24.8. The number of methoxy groups -OCH3 is 2. The standard InChI is InChI=1S/C39H42ClN7O4/c1-24-28(7-6-10-31(24)43-37-35-27(13-15-41-37)20-42-45(2)39(35)49)29-8-5-9-30(36(29)40)32-19-26-11-12-33(34(26)38(44-32)51-4)47-16-14-25(22-47)21-46(23-48)17-18-50-3/h5-10,13,15,19-20,23,25,33H,11-12,14,16-18,21-22H2,1-4H3,(H,41,43). The SMILES string of the molecule is COCCN(C=O)CC1CCN(C2CCc3cc(-c4cccc(-c5cccc(Nc6nccc7cnn(C)c(=O)c67)c5C)c4Cl)nc(OC)c32)C1. The van der Waals surface area contributed by atoms with E-state index in [0.29, 0.717) is 46.6 Å². The molecule has 4 heterocycles. The average Bonchev–Trinajstić information content (AvgIpc) is 3.79. The predicted molar refractivity (Wildman–Crippen MR) is 200 cm³/mol. The van der Waals surface area contributed by atoms with Gasteiger partial charge in [0.25, 0.3) is 5.56 Å². The van der Waals surface area contributed by atoms with Gasteiger partial charge in [0.05, 0.1) is 36.0 Å². The third-order valence-electron chi connectivity index (χ3n) is 10.3. The van der Waals surface area contributed by atoms with Crippen molar-refractivity contribution in [3.05, 3.63) is 93.0 Å². The molecule has 51 heavy (non-hydrogen) atoms. The largest absolute Gasteiger partial charge is 0.481 e. The average molecular weight is 708 g/mol. The van der Waals surface area contributed by atoms with E-state index in [-0.39, 0.29) is 11.6 Å². The van der Waals surface area contributed by atoms with Crippen LogP contribution in [0.5, 0.6) is 5.88 Å². The molecule has 0 bridgehead atoms. The van der Waals surface area contributed by atoms with Crippen LogP contribution in [0.3, 0.4) is 0 Å². The number of carbonyl (C=O) groups excluding carboxylic acids is 1. The van der Waals surface area contributed by atoms with Crippen LogP contribution < -0.4 is 15.6 Å². The van der Waals surface area contributed by atoms with Gasteiger partial charge in [0.1, 0.15) is 5.82 Å². The minimum absolute atomic E-state index is 0.220. The zero-order chi connectivity index (χ0) is 35.6. The second-order valence-corrected chi connectivity index (χ2v) is 13.7. The lowest BCUT2D eigenvalue weighted by Crippen LogP contribution is -2.33. The molecule has 1 aliphatic heterocycles. The van der Waals surface area contributed by atoms with E-state index in [1.807, 2.05) is 48.2 Å². The van der Waals surface area contributed by atoms with Gasteiger partial charge >= 0.3 is 0 Å². The number of amides is 1. The number of nitrogens with zero attached hydrogens (tertiary/aromatic N) is 6. The molecule has 3 aromatic heterocycles. The minimum atomic E-state index is -0.222. The fraction of sp³-hybridized carbons (Fsp3) is 0.359. The van der Waals surface area contributed by atoms with Gasteiger partial charge in [0.2, 0.25) is 12.3 Å². The highest BCUT2D eigenvalue weighted by Crippen LogP contribution is 2.46. The number of aromatic nitrogens is 4. The van der Waals surface area contributed by atoms with E-state index >= 15 is 0 Å². The van der Waals surface area contributed by atoms with Crippen molar-refractivity contribution in [2.75, 3.05) is 52.3 Å². The molecule has 0 radical (unpaired) electrons. The van der Waals surface area contributed by atoms with E-state index in [9.17, 15) is 9.59 Å². The number of rotatable bonds is 12. The Labute approximate surface area is 302 Å². The quantitative estimate of drug-likeness (QED) is 0.152. The second kappa shape index (κ2) is 14.8. The van der Waals surface area contributed by atoms with Gasteiger partial charge in [-0.15, -0.1) is 0 Å². The first kappa shape index (κ1) is 34.6. The van der Waals surface area contributed by atoms with Gasteiger partial charge in [-0.2, -0.15) is 5.10 Å². The highest BCUT2D eigenvalue weighted by molar-refractivity contribution is 6.36. The molecule has 2 aromatic carbocycles. The molecule has 2 unspecified atom stereocenters. The number of hydrogen-bond donors (Lipinski definition) is 1. The number of hydrogen-bond acceptors (Lipinski definition) is 9. The Morgan fingerprint density at radius 2 is 1.90 bits per heavy atom. The van der Waals surface area contributed by atoms with Crippen LogP contribution in [0.1, 0.15) is 35.6 Å². The smallest absolute Gasteiger partial charge is 0.278 e. The lowest BCUT2D eigenvalue weighted by Gasteiger charge is -2.27.